The van der Waals surface area contributed by atoms with Gasteiger partial charge in [-0.1, -0.05) is 23.8 Å². The number of allylic oxidation sites excluding steroid dienone is 4. The van der Waals surface area contributed by atoms with Crippen LogP contribution in [-0.4, -0.2) is 4.98 Å². The molecule has 0 aliphatic rings. The van der Waals surface area contributed by atoms with Crippen LogP contribution in [0.5, 0.6) is 0 Å². The lowest BCUT2D eigenvalue weighted by Crippen LogP contribution is -1.85. The fourth-order valence-corrected chi connectivity index (χ4v) is 2.98. The molecule has 2 rings (SSSR count). The van der Waals surface area contributed by atoms with Gasteiger partial charge in [-0.25, -0.2) is 4.98 Å². The Labute approximate surface area is 127 Å². The van der Waals surface area contributed by atoms with Crippen molar-refractivity contribution in [3.63, 3.8) is 0 Å². The summed E-state index contributed by atoms with van der Waals surface area (Å²) in [5, 5.41) is 0.807. The maximum absolute atomic E-state index is 12.8. The number of thiophene rings is 1. The number of halogens is 2. The van der Waals surface area contributed by atoms with E-state index in [0.717, 1.165) is 27.5 Å². The smallest absolute Gasteiger partial charge is 0.212 e. The first-order valence-corrected chi connectivity index (χ1v) is 7.48. The van der Waals surface area contributed by atoms with Gasteiger partial charge in [-0.15, -0.1) is 11.3 Å². The van der Waals surface area contributed by atoms with E-state index in [2.05, 4.69) is 11.1 Å². The Morgan fingerprint density at radius 3 is 2.75 bits per heavy atom. The molecule has 0 atom stereocenters. The largest absolute Gasteiger partial charge is 0.228 e. The molecule has 0 bridgehead atoms. The van der Waals surface area contributed by atoms with Crippen LogP contribution in [0.4, 0.5) is 4.39 Å². The molecule has 2 heterocycles. The Morgan fingerprint density at radius 2 is 2.15 bits per heavy atom. The molecule has 0 unspecified atom stereocenters. The van der Waals surface area contributed by atoms with Crippen molar-refractivity contribution in [3.8, 4) is 10.4 Å². The van der Waals surface area contributed by atoms with Crippen molar-refractivity contribution < 1.29 is 4.39 Å². The van der Waals surface area contributed by atoms with Crippen LogP contribution in [0.1, 0.15) is 18.7 Å². The Hall–Kier alpha value is -1.45. The molecule has 1 nitrogen and oxygen atoms in total. The Balaban J connectivity index is 2.21. The van der Waals surface area contributed by atoms with Crippen molar-refractivity contribution in [1.82, 2.24) is 4.98 Å². The van der Waals surface area contributed by atoms with E-state index in [1.807, 2.05) is 32.1 Å². The minimum atomic E-state index is -0.457. The van der Waals surface area contributed by atoms with Crippen LogP contribution in [0.25, 0.3) is 10.4 Å². The molecule has 0 aliphatic carbocycles. The molecule has 2 aromatic rings. The van der Waals surface area contributed by atoms with Gasteiger partial charge in [-0.3, -0.25) is 0 Å². The van der Waals surface area contributed by atoms with Gasteiger partial charge in [0.15, 0.2) is 0 Å². The lowest BCUT2D eigenvalue weighted by Gasteiger charge is -2.01. The molecule has 2 aromatic heterocycles. The minimum absolute atomic E-state index is 0.457. The molecule has 0 spiro atoms. The van der Waals surface area contributed by atoms with Crippen LogP contribution < -0.4 is 0 Å². The summed E-state index contributed by atoms with van der Waals surface area (Å²) >= 11 is 7.77. The molecule has 20 heavy (non-hydrogen) atoms. The van der Waals surface area contributed by atoms with E-state index in [-0.39, 0.29) is 0 Å². The third-order valence-electron chi connectivity index (χ3n) is 2.85. The Kier molecular flexibility index (Phi) is 5.10. The highest BCUT2D eigenvalue weighted by molar-refractivity contribution is 7.15. The third kappa shape index (κ3) is 3.78. The molecule has 4 heteroatoms. The summed E-state index contributed by atoms with van der Waals surface area (Å²) in [4.78, 5) is 5.98. The van der Waals surface area contributed by atoms with E-state index in [9.17, 15) is 4.39 Å². The van der Waals surface area contributed by atoms with Crippen LogP contribution in [0.2, 0.25) is 0 Å². The van der Waals surface area contributed by atoms with Gasteiger partial charge in [0.05, 0.1) is 0 Å². The van der Waals surface area contributed by atoms with E-state index < -0.39 is 5.95 Å². The molecule has 0 amide bonds. The van der Waals surface area contributed by atoms with E-state index in [1.165, 1.54) is 10.9 Å². The molecule has 0 radical (unpaired) electrons. The van der Waals surface area contributed by atoms with Gasteiger partial charge >= 0.3 is 0 Å². The first kappa shape index (κ1) is 14.9. The average Bonchev–Trinajstić information content (AvgIpc) is 2.87. The normalized spacial score (nSPS) is 12.8. The number of hydrogen-bond donors (Lipinski definition) is 0. The molecule has 0 aromatic carbocycles. The fraction of sp³-hybridized carbons (Fsp3) is 0.188. The van der Waals surface area contributed by atoms with Gasteiger partial charge in [0.1, 0.15) is 0 Å². The first-order chi connectivity index (χ1) is 9.60. The van der Waals surface area contributed by atoms with Crippen LogP contribution in [0.3, 0.4) is 0 Å². The fourth-order valence-electron chi connectivity index (χ4n) is 1.83. The number of pyridine rings is 1. The zero-order valence-electron chi connectivity index (χ0n) is 11.4. The lowest BCUT2D eigenvalue weighted by molar-refractivity contribution is 0.584. The quantitative estimate of drug-likeness (QED) is 0.530. The highest BCUT2D eigenvalue weighted by Gasteiger charge is 2.06. The lowest BCUT2D eigenvalue weighted by atomic mass is 10.1. The predicted molar refractivity (Wildman–Crippen MR) is 84.6 cm³/mol. The number of rotatable bonds is 4. The van der Waals surface area contributed by atoms with Crippen LogP contribution in [-0.2, 0) is 6.42 Å². The third-order valence-corrected chi connectivity index (χ3v) is 4.23. The second kappa shape index (κ2) is 6.82. The monoisotopic (exact) mass is 307 g/mol. The van der Waals surface area contributed by atoms with Gasteiger partial charge in [-0.05, 0) is 43.7 Å². The molecule has 0 fully saturated rings. The Bertz CT molecular complexity index is 637. The average molecular weight is 308 g/mol. The van der Waals surface area contributed by atoms with Crippen LogP contribution in [0, 0.1) is 5.95 Å². The zero-order chi connectivity index (χ0) is 14.5. The van der Waals surface area contributed by atoms with Crippen LogP contribution >= 0.6 is 22.9 Å². The van der Waals surface area contributed by atoms with E-state index >= 15 is 0 Å². The standard InChI is InChI=1S/C16H15ClFNS/c1-3-4-12(11(2)17)9-14-6-7-15(20-14)13-5-8-16(18)19-10-13/h3-8,10H,9H2,1-2H3/b4-3-,12-11-. The van der Waals surface area contributed by atoms with Crippen molar-refractivity contribution >= 4 is 22.9 Å². The van der Waals surface area contributed by atoms with Crippen LogP contribution in [0.15, 0.2) is 53.2 Å². The molecule has 104 valence electrons. The van der Waals surface area contributed by atoms with E-state index in [1.54, 1.807) is 23.6 Å². The summed E-state index contributed by atoms with van der Waals surface area (Å²) in [6, 6.07) is 7.23. The van der Waals surface area contributed by atoms with Gasteiger partial charge in [0.2, 0.25) is 5.95 Å². The van der Waals surface area contributed by atoms with Gasteiger partial charge in [0, 0.05) is 33.0 Å². The molecule has 0 saturated heterocycles. The number of aromatic nitrogens is 1. The predicted octanol–water partition coefficient (Wildman–Crippen LogP) is 5.58. The second-order valence-corrected chi connectivity index (χ2v) is 6.11. The topological polar surface area (TPSA) is 12.9 Å². The summed E-state index contributed by atoms with van der Waals surface area (Å²) < 4.78 is 12.8. The van der Waals surface area contributed by atoms with Crippen molar-refractivity contribution in [1.29, 1.82) is 0 Å². The van der Waals surface area contributed by atoms with Gasteiger partial charge in [-0.2, -0.15) is 4.39 Å². The number of nitrogens with zero attached hydrogens (tertiary/aromatic N) is 1. The molecular weight excluding hydrogens is 293 g/mol. The molecular formula is C16H15ClFNS. The molecule has 0 N–H and O–H groups in total. The highest BCUT2D eigenvalue weighted by atomic mass is 35.5. The summed E-state index contributed by atoms with van der Waals surface area (Å²) in [6.45, 7) is 3.87. The molecule has 0 aliphatic heterocycles. The SMILES string of the molecule is C/C=C\C(Cc1ccc(-c2ccc(F)nc2)s1)=C(/C)Cl. The zero-order valence-corrected chi connectivity index (χ0v) is 12.9. The van der Waals surface area contributed by atoms with Crippen molar-refractivity contribution in [2.45, 2.75) is 20.3 Å². The molecule has 0 saturated carbocycles. The minimum Gasteiger partial charge on any atom is -0.228 e. The highest BCUT2D eigenvalue weighted by Crippen LogP contribution is 2.30. The summed E-state index contributed by atoms with van der Waals surface area (Å²) in [6.07, 6.45) is 6.38. The van der Waals surface area contributed by atoms with E-state index in [0.29, 0.717) is 0 Å². The second-order valence-electron chi connectivity index (χ2n) is 4.37. The van der Waals surface area contributed by atoms with Crippen molar-refractivity contribution in [2.24, 2.45) is 0 Å². The van der Waals surface area contributed by atoms with Gasteiger partial charge < -0.3 is 0 Å². The number of hydrogen-bond acceptors (Lipinski definition) is 2. The first-order valence-electron chi connectivity index (χ1n) is 6.28. The summed E-state index contributed by atoms with van der Waals surface area (Å²) in [5.41, 5.74) is 2.04. The van der Waals surface area contributed by atoms with Crippen molar-refractivity contribution in [3.05, 3.63) is 64.0 Å². The van der Waals surface area contributed by atoms with Gasteiger partial charge in [0.25, 0.3) is 0 Å². The summed E-state index contributed by atoms with van der Waals surface area (Å²) in [5.74, 6) is -0.457. The Morgan fingerprint density at radius 1 is 1.35 bits per heavy atom. The maximum Gasteiger partial charge on any atom is 0.212 e. The van der Waals surface area contributed by atoms with E-state index in [4.69, 9.17) is 11.6 Å². The summed E-state index contributed by atoms with van der Waals surface area (Å²) in [7, 11) is 0. The maximum atomic E-state index is 12.8. The van der Waals surface area contributed by atoms with Crippen molar-refractivity contribution in [2.75, 3.05) is 0 Å².